The van der Waals surface area contributed by atoms with E-state index in [-0.39, 0.29) is 49.8 Å². The van der Waals surface area contributed by atoms with Gasteiger partial charge in [0.15, 0.2) is 0 Å². The van der Waals surface area contributed by atoms with E-state index >= 15 is 0 Å². The van der Waals surface area contributed by atoms with E-state index in [4.69, 9.17) is 9.84 Å². The Bertz CT molecular complexity index is 781. The number of rotatable bonds is 7. The van der Waals surface area contributed by atoms with Crippen LogP contribution in [0.2, 0.25) is 0 Å². The third-order valence-electron chi connectivity index (χ3n) is 4.55. The smallest absolute Gasteiger partial charge is 0.303 e. The number of benzene rings is 1. The number of piperazine rings is 1. The Balaban J connectivity index is 1.97. The van der Waals surface area contributed by atoms with Gasteiger partial charge in [-0.1, -0.05) is 13.8 Å². The van der Waals surface area contributed by atoms with E-state index < -0.39 is 21.4 Å². The molecule has 0 saturated carbocycles. The van der Waals surface area contributed by atoms with Gasteiger partial charge in [0, 0.05) is 32.6 Å². The van der Waals surface area contributed by atoms with Gasteiger partial charge in [0.2, 0.25) is 15.9 Å². The number of carbonyl (C=O) groups excluding carboxylic acids is 1. The van der Waals surface area contributed by atoms with Crippen LogP contribution in [0.25, 0.3) is 0 Å². The maximum absolute atomic E-state index is 12.7. The Kier molecular flexibility index (Phi) is 6.48. The van der Waals surface area contributed by atoms with Gasteiger partial charge in [-0.05, 0) is 29.7 Å². The van der Waals surface area contributed by atoms with Crippen LogP contribution in [0.5, 0.6) is 5.75 Å². The molecule has 1 fully saturated rings. The van der Waals surface area contributed by atoms with Crippen molar-refractivity contribution in [3.05, 3.63) is 24.3 Å². The second kappa shape index (κ2) is 8.26. The largest absolute Gasteiger partial charge is 0.497 e. The van der Waals surface area contributed by atoms with Crippen LogP contribution in [0.4, 0.5) is 0 Å². The van der Waals surface area contributed by atoms with Crippen molar-refractivity contribution in [3.8, 4) is 5.75 Å². The van der Waals surface area contributed by atoms with Crippen molar-refractivity contribution in [1.82, 2.24) is 9.21 Å². The van der Waals surface area contributed by atoms with Crippen LogP contribution in [-0.2, 0) is 19.6 Å². The first kappa shape index (κ1) is 21.2. The summed E-state index contributed by atoms with van der Waals surface area (Å²) in [7, 11) is -2.11. The Morgan fingerprint density at radius 2 is 1.63 bits per heavy atom. The molecule has 0 atom stereocenters. The van der Waals surface area contributed by atoms with Gasteiger partial charge in [-0.3, -0.25) is 9.59 Å². The van der Waals surface area contributed by atoms with Gasteiger partial charge in [-0.15, -0.1) is 0 Å². The molecule has 0 unspecified atom stereocenters. The third kappa shape index (κ3) is 5.43. The van der Waals surface area contributed by atoms with Crippen LogP contribution in [0.1, 0.15) is 26.7 Å². The highest BCUT2D eigenvalue weighted by atomic mass is 32.2. The Labute approximate surface area is 159 Å². The molecule has 27 heavy (non-hydrogen) atoms. The van der Waals surface area contributed by atoms with E-state index in [2.05, 4.69) is 0 Å². The summed E-state index contributed by atoms with van der Waals surface area (Å²) in [6.07, 6.45) is 0.0229. The Morgan fingerprint density at radius 3 is 2.11 bits per heavy atom. The van der Waals surface area contributed by atoms with Gasteiger partial charge >= 0.3 is 5.97 Å². The second-order valence-corrected chi connectivity index (χ2v) is 9.31. The van der Waals surface area contributed by atoms with Crippen molar-refractivity contribution in [2.45, 2.75) is 31.6 Å². The minimum absolute atomic E-state index is 0.0927. The molecule has 0 spiro atoms. The van der Waals surface area contributed by atoms with Gasteiger partial charge < -0.3 is 14.7 Å². The molecule has 0 radical (unpaired) electrons. The summed E-state index contributed by atoms with van der Waals surface area (Å²) in [6.45, 7) is 4.47. The van der Waals surface area contributed by atoms with Crippen LogP contribution in [0.3, 0.4) is 0 Å². The van der Waals surface area contributed by atoms with Crippen molar-refractivity contribution in [2.24, 2.45) is 5.41 Å². The number of hydrogen-bond acceptors (Lipinski definition) is 5. The molecule has 1 aromatic rings. The number of methoxy groups -OCH3 is 1. The summed E-state index contributed by atoms with van der Waals surface area (Å²) >= 11 is 0. The number of carboxylic acids is 1. The zero-order chi connectivity index (χ0) is 20.2. The van der Waals surface area contributed by atoms with Gasteiger partial charge in [0.1, 0.15) is 5.75 Å². The van der Waals surface area contributed by atoms with Crippen LogP contribution in [0, 0.1) is 5.41 Å². The molecule has 1 N–H and O–H groups in total. The van der Waals surface area contributed by atoms with Gasteiger partial charge in [0.05, 0.1) is 18.4 Å². The first-order chi connectivity index (χ1) is 12.5. The maximum atomic E-state index is 12.7. The highest BCUT2D eigenvalue weighted by Crippen LogP contribution is 2.27. The molecule has 0 aliphatic carbocycles. The lowest BCUT2D eigenvalue weighted by Crippen LogP contribution is -2.51. The van der Waals surface area contributed by atoms with Crippen LogP contribution >= 0.6 is 0 Å². The molecule has 0 bridgehead atoms. The predicted molar refractivity (Wildman–Crippen MR) is 99.0 cm³/mol. The topological polar surface area (TPSA) is 104 Å². The molecule has 1 amide bonds. The molecule has 1 aliphatic heterocycles. The summed E-state index contributed by atoms with van der Waals surface area (Å²) < 4.78 is 31.9. The Hall–Kier alpha value is -2.13. The zero-order valence-electron chi connectivity index (χ0n) is 15.8. The molecule has 8 nitrogen and oxygen atoms in total. The SMILES string of the molecule is COc1ccc(S(=O)(=O)N2CCN(C(=O)CC(C)(C)CC(=O)O)CC2)cc1. The molecule has 0 aromatic heterocycles. The molecular formula is C18H26N2O6S. The van der Waals surface area contributed by atoms with E-state index in [1.165, 1.54) is 23.5 Å². The Morgan fingerprint density at radius 1 is 1.07 bits per heavy atom. The maximum Gasteiger partial charge on any atom is 0.303 e. The van der Waals surface area contributed by atoms with Crippen LogP contribution < -0.4 is 4.74 Å². The number of amides is 1. The van der Waals surface area contributed by atoms with Crippen molar-refractivity contribution in [1.29, 1.82) is 0 Å². The fraction of sp³-hybridized carbons (Fsp3) is 0.556. The van der Waals surface area contributed by atoms with Crippen molar-refractivity contribution >= 4 is 21.9 Å². The summed E-state index contributed by atoms with van der Waals surface area (Å²) in [5.74, 6) is -0.515. The average molecular weight is 398 g/mol. The third-order valence-corrected chi connectivity index (χ3v) is 6.46. The normalized spacial score (nSPS) is 16.2. The number of carboxylic acid groups (broad SMARTS) is 1. The molecular weight excluding hydrogens is 372 g/mol. The number of sulfonamides is 1. The summed E-state index contributed by atoms with van der Waals surface area (Å²) in [5.41, 5.74) is -0.644. The number of carbonyl (C=O) groups is 2. The average Bonchev–Trinajstić information content (AvgIpc) is 2.60. The van der Waals surface area contributed by atoms with Crippen LogP contribution in [-0.4, -0.2) is 67.9 Å². The number of ether oxygens (including phenoxy) is 1. The zero-order valence-corrected chi connectivity index (χ0v) is 16.7. The van der Waals surface area contributed by atoms with Crippen molar-refractivity contribution in [2.75, 3.05) is 33.3 Å². The fourth-order valence-electron chi connectivity index (χ4n) is 3.07. The van der Waals surface area contributed by atoms with E-state index in [1.54, 1.807) is 30.9 Å². The van der Waals surface area contributed by atoms with Crippen molar-refractivity contribution < 1.29 is 27.9 Å². The first-order valence-corrected chi connectivity index (χ1v) is 10.1. The molecule has 1 aliphatic rings. The predicted octanol–water partition coefficient (Wildman–Crippen LogP) is 1.42. The molecule has 2 rings (SSSR count). The fourth-order valence-corrected chi connectivity index (χ4v) is 4.49. The van der Waals surface area contributed by atoms with E-state index in [0.717, 1.165) is 0 Å². The van der Waals surface area contributed by atoms with Gasteiger partial charge in [0.25, 0.3) is 0 Å². The molecule has 1 heterocycles. The molecule has 150 valence electrons. The quantitative estimate of drug-likeness (QED) is 0.745. The van der Waals surface area contributed by atoms with E-state index in [0.29, 0.717) is 5.75 Å². The summed E-state index contributed by atoms with van der Waals surface area (Å²) in [4.78, 5) is 25.1. The standard InChI is InChI=1S/C18H26N2O6S/c1-18(2,13-17(22)23)12-16(21)19-8-10-20(11-9-19)27(24,25)15-6-4-14(26-3)5-7-15/h4-7H,8-13H2,1-3H3,(H,22,23). The second-order valence-electron chi connectivity index (χ2n) is 7.37. The monoisotopic (exact) mass is 398 g/mol. The van der Waals surface area contributed by atoms with Gasteiger partial charge in [-0.2, -0.15) is 4.31 Å². The summed E-state index contributed by atoms with van der Waals surface area (Å²) in [5, 5.41) is 8.93. The highest BCUT2D eigenvalue weighted by Gasteiger charge is 2.32. The highest BCUT2D eigenvalue weighted by molar-refractivity contribution is 7.89. The summed E-state index contributed by atoms with van der Waals surface area (Å²) in [6, 6.07) is 6.19. The number of hydrogen-bond donors (Lipinski definition) is 1. The minimum Gasteiger partial charge on any atom is -0.497 e. The lowest BCUT2D eigenvalue weighted by atomic mass is 9.85. The first-order valence-electron chi connectivity index (χ1n) is 8.69. The number of aliphatic carboxylic acids is 1. The van der Waals surface area contributed by atoms with E-state index in [9.17, 15) is 18.0 Å². The van der Waals surface area contributed by atoms with E-state index in [1.807, 2.05) is 0 Å². The van der Waals surface area contributed by atoms with Gasteiger partial charge in [-0.25, -0.2) is 8.42 Å². The molecule has 9 heteroatoms. The van der Waals surface area contributed by atoms with Crippen LogP contribution in [0.15, 0.2) is 29.2 Å². The number of nitrogens with zero attached hydrogens (tertiary/aromatic N) is 2. The molecule has 1 aromatic carbocycles. The molecule has 1 saturated heterocycles. The van der Waals surface area contributed by atoms with Crippen molar-refractivity contribution in [3.63, 3.8) is 0 Å². The minimum atomic E-state index is -3.63. The lowest BCUT2D eigenvalue weighted by molar-refractivity contribution is -0.141. The lowest BCUT2D eigenvalue weighted by Gasteiger charge is -2.35.